The number of rotatable bonds is 12. The quantitative estimate of drug-likeness (QED) is 0.344. The Balaban J connectivity index is 2.30. The van der Waals surface area contributed by atoms with Gasteiger partial charge in [-0.15, -0.1) is 0 Å². The monoisotopic (exact) mass is 364 g/mol. The van der Waals surface area contributed by atoms with Gasteiger partial charge in [0.2, 0.25) is 11.8 Å². The van der Waals surface area contributed by atoms with Crippen LogP contribution in [0.4, 0.5) is 0 Å². The summed E-state index contributed by atoms with van der Waals surface area (Å²) in [5, 5.41) is 5.51. The molecular formula is C18H28N4O4. The molecule has 1 rings (SSSR count). The molecule has 0 bridgehead atoms. The molecule has 1 fully saturated rings. The van der Waals surface area contributed by atoms with Crippen molar-refractivity contribution in [2.24, 2.45) is 11.5 Å². The van der Waals surface area contributed by atoms with Gasteiger partial charge in [0.15, 0.2) is 0 Å². The molecule has 1 saturated heterocycles. The van der Waals surface area contributed by atoms with Gasteiger partial charge in [0, 0.05) is 24.2 Å². The molecule has 0 saturated carbocycles. The van der Waals surface area contributed by atoms with Gasteiger partial charge in [0.1, 0.15) is 24.0 Å². The Morgan fingerprint density at radius 2 is 1.23 bits per heavy atom. The summed E-state index contributed by atoms with van der Waals surface area (Å²) in [6.07, 6.45) is 7.31. The Hall–Kier alpha value is -2.24. The van der Waals surface area contributed by atoms with E-state index in [1.807, 2.05) is 0 Å². The number of carbonyl (C=O) groups is 2. The van der Waals surface area contributed by atoms with Gasteiger partial charge in [-0.05, 0) is 51.4 Å². The van der Waals surface area contributed by atoms with Crippen LogP contribution in [-0.2, 0) is 19.2 Å². The van der Waals surface area contributed by atoms with Gasteiger partial charge < -0.3 is 22.1 Å². The van der Waals surface area contributed by atoms with Crippen molar-refractivity contribution in [3.63, 3.8) is 0 Å². The minimum Gasteiger partial charge on any atom is -0.343 e. The Bertz CT molecular complexity index is 518. The Morgan fingerprint density at radius 3 is 1.58 bits per heavy atom. The normalized spacial score (nSPS) is 21.6. The largest absolute Gasteiger partial charge is 0.343 e. The van der Waals surface area contributed by atoms with Crippen LogP contribution in [0.2, 0.25) is 0 Å². The average molecular weight is 364 g/mol. The van der Waals surface area contributed by atoms with Crippen LogP contribution in [-0.4, -0.2) is 47.9 Å². The van der Waals surface area contributed by atoms with Crippen LogP contribution in [0.1, 0.15) is 51.4 Å². The summed E-state index contributed by atoms with van der Waals surface area (Å²) in [6.45, 7) is 0. The summed E-state index contributed by atoms with van der Waals surface area (Å²) in [5.74, 6) is 2.99. The van der Waals surface area contributed by atoms with Crippen LogP contribution in [0.3, 0.4) is 0 Å². The highest BCUT2D eigenvalue weighted by atomic mass is 16.2. The topological polar surface area (TPSA) is 144 Å². The molecule has 6 N–H and O–H groups in total. The van der Waals surface area contributed by atoms with E-state index in [4.69, 9.17) is 11.5 Å². The minimum absolute atomic E-state index is 0.148. The summed E-state index contributed by atoms with van der Waals surface area (Å²) in [5.41, 5.74) is 11.7. The van der Waals surface area contributed by atoms with Crippen LogP contribution >= 0.6 is 0 Å². The summed E-state index contributed by atoms with van der Waals surface area (Å²) in [4.78, 5) is 44.6. The molecular weight excluding hydrogens is 336 g/mol. The molecule has 0 aromatic heterocycles. The van der Waals surface area contributed by atoms with E-state index in [1.165, 1.54) is 12.2 Å². The summed E-state index contributed by atoms with van der Waals surface area (Å²) >= 11 is 0. The first-order chi connectivity index (χ1) is 12.5. The number of piperazine rings is 1. The maximum absolute atomic E-state index is 12.1. The number of nitrogens with two attached hydrogens (primary N) is 2. The minimum atomic E-state index is -0.549. The second-order valence-electron chi connectivity index (χ2n) is 6.62. The smallest absolute Gasteiger partial charge is 0.243 e. The highest BCUT2D eigenvalue weighted by Crippen LogP contribution is 2.12. The molecule has 144 valence electrons. The molecule has 1 aliphatic heterocycles. The molecule has 2 amide bonds. The zero-order valence-corrected chi connectivity index (χ0v) is 14.9. The van der Waals surface area contributed by atoms with Crippen LogP contribution in [0.25, 0.3) is 0 Å². The lowest BCUT2D eigenvalue weighted by molar-refractivity contribution is -0.137. The molecule has 4 atom stereocenters. The number of carbonyl (C=O) groups excluding carboxylic acids is 4. The van der Waals surface area contributed by atoms with Gasteiger partial charge in [0.25, 0.3) is 0 Å². The van der Waals surface area contributed by atoms with Gasteiger partial charge >= 0.3 is 0 Å². The van der Waals surface area contributed by atoms with Crippen LogP contribution in [0.5, 0.6) is 0 Å². The summed E-state index contributed by atoms with van der Waals surface area (Å²) in [6, 6.07) is -1.39. The lowest BCUT2D eigenvalue weighted by atomic mass is 9.98. The first-order valence-corrected chi connectivity index (χ1v) is 8.98. The van der Waals surface area contributed by atoms with E-state index in [0.29, 0.717) is 51.4 Å². The van der Waals surface area contributed by atoms with Crippen molar-refractivity contribution >= 4 is 23.7 Å². The molecule has 4 unspecified atom stereocenters. The Labute approximate surface area is 153 Å². The van der Waals surface area contributed by atoms with Gasteiger partial charge in [-0.2, -0.15) is 0 Å². The number of hydrogen-bond donors (Lipinski definition) is 4. The zero-order chi connectivity index (χ0) is 19.4. The van der Waals surface area contributed by atoms with Crippen molar-refractivity contribution in [1.82, 2.24) is 10.6 Å². The van der Waals surface area contributed by atoms with E-state index in [2.05, 4.69) is 10.6 Å². The van der Waals surface area contributed by atoms with Crippen molar-refractivity contribution in [3.8, 4) is 0 Å². The fraction of sp³-hybridized carbons (Fsp3) is 0.667. The highest BCUT2D eigenvalue weighted by Gasteiger charge is 2.32. The predicted octanol–water partition coefficient (Wildman–Crippen LogP) is -0.479. The average Bonchev–Trinajstić information content (AvgIpc) is 2.61. The molecule has 1 aliphatic rings. The second-order valence-corrected chi connectivity index (χ2v) is 6.62. The van der Waals surface area contributed by atoms with E-state index in [1.54, 1.807) is 11.9 Å². The summed E-state index contributed by atoms with van der Waals surface area (Å²) < 4.78 is 0. The van der Waals surface area contributed by atoms with Crippen molar-refractivity contribution in [2.75, 3.05) is 0 Å². The maximum atomic E-state index is 12.1. The van der Waals surface area contributed by atoms with E-state index >= 15 is 0 Å². The first-order valence-electron chi connectivity index (χ1n) is 8.98. The van der Waals surface area contributed by atoms with Crippen molar-refractivity contribution in [1.29, 1.82) is 0 Å². The van der Waals surface area contributed by atoms with Crippen LogP contribution in [0, 0.1) is 0 Å². The van der Waals surface area contributed by atoms with E-state index < -0.39 is 12.1 Å². The fourth-order valence-electron chi connectivity index (χ4n) is 2.89. The van der Waals surface area contributed by atoms with Crippen molar-refractivity contribution < 1.29 is 19.2 Å². The molecule has 26 heavy (non-hydrogen) atoms. The third-order valence-electron chi connectivity index (χ3n) is 4.41. The van der Waals surface area contributed by atoms with Gasteiger partial charge in [-0.3, -0.25) is 9.59 Å². The summed E-state index contributed by atoms with van der Waals surface area (Å²) in [7, 11) is 0. The third kappa shape index (κ3) is 8.23. The number of hydrogen-bond acceptors (Lipinski definition) is 6. The molecule has 8 nitrogen and oxygen atoms in total. The van der Waals surface area contributed by atoms with Gasteiger partial charge in [-0.25, -0.2) is 9.59 Å². The standard InChI is InChI=1S/C18H28N4O4/c19-13(7-3-11-23)5-1-9-15-17(25)22-16(18(26)21-15)10-2-6-14(20)8-4-12-24/h3-4,13-16H,1-2,5-10,19-20H2,(H,21,26)(H,22,25). The number of amides is 2. The van der Waals surface area contributed by atoms with Crippen molar-refractivity contribution in [2.45, 2.75) is 75.5 Å². The van der Waals surface area contributed by atoms with E-state index in [-0.39, 0.29) is 23.9 Å². The highest BCUT2D eigenvalue weighted by molar-refractivity contribution is 5.96. The van der Waals surface area contributed by atoms with E-state index in [9.17, 15) is 19.2 Å². The molecule has 0 aliphatic carbocycles. The molecule has 0 radical (unpaired) electrons. The SMILES string of the molecule is NC(CC=C=O)CCCC1NC(=O)C(CCCC(N)CC=C=O)NC1=O. The van der Waals surface area contributed by atoms with Crippen LogP contribution < -0.4 is 22.1 Å². The van der Waals surface area contributed by atoms with E-state index in [0.717, 1.165) is 0 Å². The molecule has 0 aromatic rings. The molecule has 0 spiro atoms. The molecule has 1 heterocycles. The van der Waals surface area contributed by atoms with Gasteiger partial charge in [-0.1, -0.05) is 0 Å². The van der Waals surface area contributed by atoms with Crippen molar-refractivity contribution in [3.05, 3.63) is 12.2 Å². The predicted molar refractivity (Wildman–Crippen MR) is 97.3 cm³/mol. The first kappa shape index (κ1) is 21.8. The lowest BCUT2D eigenvalue weighted by Gasteiger charge is -2.30. The molecule has 0 aromatic carbocycles. The number of nitrogens with one attached hydrogen (secondary N) is 2. The third-order valence-corrected chi connectivity index (χ3v) is 4.41. The lowest BCUT2D eigenvalue weighted by Crippen LogP contribution is -2.61. The maximum Gasteiger partial charge on any atom is 0.243 e. The van der Waals surface area contributed by atoms with Crippen LogP contribution in [0.15, 0.2) is 12.2 Å². The Kier molecular flexibility index (Phi) is 10.2. The second kappa shape index (κ2) is 12.2. The fourth-order valence-corrected chi connectivity index (χ4v) is 2.89. The Morgan fingerprint density at radius 1 is 0.846 bits per heavy atom. The molecule has 8 heteroatoms. The zero-order valence-electron chi connectivity index (χ0n) is 14.9. The van der Waals surface area contributed by atoms with Gasteiger partial charge in [0.05, 0.1) is 0 Å².